The van der Waals surface area contributed by atoms with Crippen LogP contribution in [0, 0.1) is 45.3 Å². The molecule has 0 bridgehead atoms. The summed E-state index contributed by atoms with van der Waals surface area (Å²) in [5.41, 5.74) is 2.02. The number of aliphatic carboxylic acids is 1. The number of carbonyl (C=O) groups excluding carboxylic acids is 1. The van der Waals surface area contributed by atoms with Crippen molar-refractivity contribution in [2.24, 2.45) is 45.3 Å². The molecule has 0 aliphatic heterocycles. The molecule has 2 unspecified atom stereocenters. The summed E-state index contributed by atoms with van der Waals surface area (Å²) in [5.74, 6) is 0.445. The lowest BCUT2D eigenvalue weighted by Crippen LogP contribution is -2.66. The molecule has 0 radical (unpaired) electrons. The van der Waals surface area contributed by atoms with Gasteiger partial charge in [-0.25, -0.2) is 4.79 Å². The molecule has 4 aliphatic carbocycles. The minimum atomic E-state index is -0.879. The van der Waals surface area contributed by atoms with Crippen LogP contribution in [0.25, 0.3) is 0 Å². The number of aliphatic hydroxyl groups is 1. The fourth-order valence-corrected chi connectivity index (χ4v) is 11.0. The number of rotatable bonds is 5. The van der Waals surface area contributed by atoms with Gasteiger partial charge in [-0.05, 0) is 116 Å². The lowest BCUT2D eigenvalue weighted by atomic mass is 9.33. The van der Waals surface area contributed by atoms with Gasteiger partial charge in [0.25, 0.3) is 0 Å². The first-order chi connectivity index (χ1) is 17.5. The molecule has 5 nitrogen and oxygen atoms in total. The third-order valence-electron chi connectivity index (χ3n) is 12.6. The number of carboxylic acids is 1. The molecule has 0 spiro atoms. The lowest BCUT2D eigenvalue weighted by Gasteiger charge is -2.71. The van der Waals surface area contributed by atoms with Gasteiger partial charge in [-0.1, -0.05) is 53.2 Å². The standard InChI is InChI=1S/C33H52O5/c1-19(2)11-10-12-23(29(36)37)27-26(38-22(5)34)18-33(9)31(7)16-13-24-21(4)25(35)14-15-30(24,6)28(31)20(3)17-32(27,33)8/h11,20-21,24-26,28,35H,10,12-18H2,1-9H3,(H,36,37)/t20?,21-,24-,25+,26-,28-,30-,31-,32?,33+/m0/s1. The van der Waals surface area contributed by atoms with E-state index in [9.17, 15) is 19.8 Å². The normalized spacial score (nSPS) is 47.3. The molecule has 4 aliphatic rings. The second kappa shape index (κ2) is 9.78. The fraction of sp³-hybridized carbons (Fsp3) is 0.818. The van der Waals surface area contributed by atoms with Crippen LogP contribution in [0.1, 0.15) is 114 Å². The van der Waals surface area contributed by atoms with Crippen molar-refractivity contribution in [3.63, 3.8) is 0 Å². The first-order valence-electron chi connectivity index (χ1n) is 15.0. The Kier molecular flexibility index (Phi) is 7.56. The first-order valence-corrected chi connectivity index (χ1v) is 15.0. The Balaban J connectivity index is 1.88. The predicted molar refractivity (Wildman–Crippen MR) is 150 cm³/mol. The van der Waals surface area contributed by atoms with Crippen LogP contribution in [0.15, 0.2) is 22.8 Å². The van der Waals surface area contributed by atoms with E-state index in [2.05, 4.69) is 47.6 Å². The van der Waals surface area contributed by atoms with E-state index in [1.54, 1.807) is 0 Å². The van der Waals surface area contributed by atoms with E-state index in [1.807, 2.05) is 13.8 Å². The van der Waals surface area contributed by atoms with E-state index in [4.69, 9.17) is 4.74 Å². The number of carbonyl (C=O) groups is 2. The summed E-state index contributed by atoms with van der Waals surface area (Å²) in [6.45, 7) is 19.8. The predicted octanol–water partition coefficient (Wildman–Crippen LogP) is 7.33. The number of allylic oxidation sites excluding steroid dienone is 2. The van der Waals surface area contributed by atoms with Gasteiger partial charge in [0.1, 0.15) is 6.10 Å². The highest BCUT2D eigenvalue weighted by atomic mass is 16.5. The highest BCUT2D eigenvalue weighted by Gasteiger charge is 2.73. The minimum absolute atomic E-state index is 0.0314. The lowest BCUT2D eigenvalue weighted by molar-refractivity contribution is -0.234. The summed E-state index contributed by atoms with van der Waals surface area (Å²) < 4.78 is 6.02. The quantitative estimate of drug-likeness (QED) is 0.222. The van der Waals surface area contributed by atoms with Crippen molar-refractivity contribution in [1.29, 1.82) is 0 Å². The first kappa shape index (κ1) is 29.4. The van der Waals surface area contributed by atoms with Gasteiger partial charge >= 0.3 is 11.9 Å². The van der Waals surface area contributed by atoms with Crippen LogP contribution < -0.4 is 0 Å². The van der Waals surface area contributed by atoms with Crippen LogP contribution in [0.4, 0.5) is 0 Å². The van der Waals surface area contributed by atoms with Gasteiger partial charge in [0, 0.05) is 12.5 Å². The van der Waals surface area contributed by atoms with Gasteiger partial charge in [-0.2, -0.15) is 0 Å². The van der Waals surface area contributed by atoms with E-state index in [-0.39, 0.29) is 33.7 Å². The summed E-state index contributed by atoms with van der Waals surface area (Å²) in [4.78, 5) is 25.2. The number of ether oxygens (including phenoxy) is 1. The third-order valence-corrected chi connectivity index (χ3v) is 12.6. The molecule has 38 heavy (non-hydrogen) atoms. The van der Waals surface area contributed by atoms with E-state index in [0.29, 0.717) is 48.5 Å². The third kappa shape index (κ3) is 4.12. The number of carboxylic acid groups (broad SMARTS) is 1. The summed E-state index contributed by atoms with van der Waals surface area (Å²) >= 11 is 0. The van der Waals surface area contributed by atoms with E-state index in [1.165, 1.54) is 12.5 Å². The maximum atomic E-state index is 12.8. The Morgan fingerprint density at radius 3 is 2.26 bits per heavy atom. The van der Waals surface area contributed by atoms with Crippen LogP contribution >= 0.6 is 0 Å². The van der Waals surface area contributed by atoms with Gasteiger partial charge in [-0.15, -0.1) is 0 Å². The summed E-state index contributed by atoms with van der Waals surface area (Å²) in [6, 6.07) is 0. The Labute approximate surface area is 230 Å². The van der Waals surface area contributed by atoms with Crippen molar-refractivity contribution in [1.82, 2.24) is 0 Å². The molecule has 10 atom stereocenters. The van der Waals surface area contributed by atoms with Crippen LogP contribution in [-0.4, -0.2) is 34.4 Å². The van der Waals surface area contributed by atoms with Gasteiger partial charge in [0.2, 0.25) is 0 Å². The maximum Gasteiger partial charge on any atom is 0.331 e. The summed E-state index contributed by atoms with van der Waals surface area (Å²) in [6.07, 6.45) is 8.12. The topological polar surface area (TPSA) is 83.8 Å². The molecule has 4 rings (SSSR count). The number of esters is 1. The van der Waals surface area contributed by atoms with E-state index in [0.717, 1.165) is 37.7 Å². The van der Waals surface area contributed by atoms with Crippen molar-refractivity contribution in [3.8, 4) is 0 Å². The van der Waals surface area contributed by atoms with Crippen LogP contribution in [0.5, 0.6) is 0 Å². The molecule has 0 aromatic carbocycles. The second-order valence-electron chi connectivity index (χ2n) is 14.7. The Morgan fingerprint density at radius 2 is 1.68 bits per heavy atom. The molecule has 0 heterocycles. The molecule has 0 aromatic heterocycles. The van der Waals surface area contributed by atoms with Gasteiger partial charge in [0.15, 0.2) is 0 Å². The molecule has 5 heteroatoms. The zero-order valence-electron chi connectivity index (χ0n) is 25.3. The molecule has 4 saturated carbocycles. The highest BCUT2D eigenvalue weighted by molar-refractivity contribution is 5.88. The summed E-state index contributed by atoms with van der Waals surface area (Å²) in [7, 11) is 0. The van der Waals surface area contributed by atoms with E-state index >= 15 is 0 Å². The number of aliphatic hydroxyl groups excluding tert-OH is 1. The Morgan fingerprint density at radius 1 is 1.03 bits per heavy atom. The molecule has 0 amide bonds. The van der Waals surface area contributed by atoms with E-state index < -0.39 is 12.1 Å². The molecular weight excluding hydrogens is 476 g/mol. The Bertz CT molecular complexity index is 1040. The zero-order chi connectivity index (χ0) is 28.4. The maximum absolute atomic E-state index is 12.8. The molecular formula is C33H52O5. The highest BCUT2D eigenvalue weighted by Crippen LogP contribution is 2.79. The largest absolute Gasteiger partial charge is 0.478 e. The average Bonchev–Trinajstić information content (AvgIpc) is 3.00. The smallest absolute Gasteiger partial charge is 0.331 e. The zero-order valence-corrected chi connectivity index (χ0v) is 25.3. The SMILES string of the molecule is CC(=O)O[C@H]1C[C@@]2(C)C(C)(CC(C)[C@H]3[C@@]4(C)CC[C@@H](O)[C@@H](C)[C@@H]4CC[C@@]32C)C1=C(CCC=C(C)C)C(=O)O. The van der Waals surface area contributed by atoms with Crippen molar-refractivity contribution < 1.29 is 24.5 Å². The monoisotopic (exact) mass is 528 g/mol. The minimum Gasteiger partial charge on any atom is -0.478 e. The van der Waals surface area contributed by atoms with Gasteiger partial charge < -0.3 is 14.9 Å². The van der Waals surface area contributed by atoms with Crippen LogP contribution in [-0.2, 0) is 14.3 Å². The number of fused-ring (bicyclic) bond motifs is 5. The van der Waals surface area contributed by atoms with Crippen LogP contribution in [0.2, 0.25) is 0 Å². The van der Waals surface area contributed by atoms with Gasteiger partial charge in [0.05, 0.1) is 6.10 Å². The van der Waals surface area contributed by atoms with Crippen molar-refractivity contribution in [3.05, 3.63) is 22.8 Å². The van der Waals surface area contributed by atoms with Gasteiger partial charge in [-0.3, -0.25) is 4.79 Å². The van der Waals surface area contributed by atoms with Crippen LogP contribution in [0.3, 0.4) is 0 Å². The number of hydrogen-bond donors (Lipinski definition) is 2. The molecule has 4 fully saturated rings. The summed E-state index contributed by atoms with van der Waals surface area (Å²) in [5, 5.41) is 21.3. The average molecular weight is 529 g/mol. The molecule has 0 aromatic rings. The van der Waals surface area contributed by atoms with Crippen molar-refractivity contribution >= 4 is 11.9 Å². The Hall–Kier alpha value is -1.62. The molecule has 0 saturated heterocycles. The fourth-order valence-electron chi connectivity index (χ4n) is 11.0. The molecule has 214 valence electrons. The van der Waals surface area contributed by atoms with Crippen molar-refractivity contribution in [2.75, 3.05) is 0 Å². The number of hydrogen-bond acceptors (Lipinski definition) is 4. The van der Waals surface area contributed by atoms with Crippen molar-refractivity contribution in [2.45, 2.75) is 126 Å². The molecule has 2 N–H and O–H groups in total. The second-order valence-corrected chi connectivity index (χ2v) is 14.7.